The Hall–Kier alpha value is -2.38. The molecule has 11 heteroatoms. The maximum atomic E-state index is 13.0. The molecule has 492 valence electrons. The fourth-order valence-electron chi connectivity index (χ4n) is 11.2. The van der Waals surface area contributed by atoms with Crippen LogP contribution in [0.15, 0.2) is 48.6 Å². The normalized spacial score (nSPS) is 18.3. The van der Waals surface area contributed by atoms with Crippen LogP contribution in [-0.2, 0) is 23.8 Å². The van der Waals surface area contributed by atoms with Crippen molar-refractivity contribution in [3.63, 3.8) is 0 Å². The van der Waals surface area contributed by atoms with Crippen LogP contribution in [-0.4, -0.2) is 100 Å². The Morgan fingerprint density at radius 1 is 0.440 bits per heavy atom. The zero-order valence-corrected chi connectivity index (χ0v) is 54.6. The molecular weight excluding hydrogens is 1050 g/mol. The minimum absolute atomic E-state index is 0.000145. The van der Waals surface area contributed by atoms with Crippen molar-refractivity contribution in [1.29, 1.82) is 0 Å². The Bertz CT molecular complexity index is 1530. The van der Waals surface area contributed by atoms with E-state index in [0.29, 0.717) is 19.4 Å². The van der Waals surface area contributed by atoms with Crippen LogP contribution in [0.25, 0.3) is 0 Å². The van der Waals surface area contributed by atoms with Crippen LogP contribution in [0.4, 0.5) is 0 Å². The van der Waals surface area contributed by atoms with Crippen LogP contribution >= 0.6 is 0 Å². The quantitative estimate of drug-likeness (QED) is 0.0195. The van der Waals surface area contributed by atoms with E-state index in [1.165, 1.54) is 250 Å². The zero-order valence-electron chi connectivity index (χ0n) is 54.6. The molecule has 7 atom stereocenters. The minimum Gasteiger partial charge on any atom is -0.466 e. The van der Waals surface area contributed by atoms with E-state index in [2.05, 4.69) is 55.6 Å². The minimum atomic E-state index is -1.57. The summed E-state index contributed by atoms with van der Waals surface area (Å²) in [4.78, 5) is 25.0. The van der Waals surface area contributed by atoms with E-state index in [1.807, 2.05) is 6.08 Å². The summed E-state index contributed by atoms with van der Waals surface area (Å²) in [5, 5.41) is 54.3. The molecule has 0 aromatic rings. The Balaban J connectivity index is 1.91. The number of ether oxygens (including phenoxy) is 3. The molecule has 6 N–H and O–H groups in total. The standard InChI is InChI=1S/C73H135NO10/c1-3-5-7-9-11-13-14-41-45-49-53-57-61-69(78)82-62-58-54-50-46-42-39-37-35-33-31-29-27-25-23-21-19-17-15-16-18-20-22-24-26-28-30-32-34-36-38-40-44-48-52-56-60-68(77)74-65(66(76)59-55-51-47-43-12-10-8-6-4-2)64-83-73-72(81)71(80)70(79)67(63-75)84-73/h11,13,17,19,23,25,55,59,65-67,70-73,75-76,79-81H,3-10,12,14-16,18,20-22,24,26-54,56-58,60-64H2,1-2H3,(H,74,77)/b13-11-,19-17-,25-23-,59-55+. The highest BCUT2D eigenvalue weighted by Crippen LogP contribution is 2.23. The van der Waals surface area contributed by atoms with Gasteiger partial charge >= 0.3 is 5.97 Å². The first-order valence-electron chi connectivity index (χ1n) is 35.9. The van der Waals surface area contributed by atoms with E-state index >= 15 is 0 Å². The fraction of sp³-hybridized carbons (Fsp3) is 0.863. The topological polar surface area (TPSA) is 175 Å². The average Bonchev–Trinajstić information content (AvgIpc) is 3.66. The first-order chi connectivity index (χ1) is 41.2. The number of carbonyl (C=O) groups is 2. The molecule has 1 fully saturated rings. The van der Waals surface area contributed by atoms with Crippen LogP contribution < -0.4 is 5.32 Å². The van der Waals surface area contributed by atoms with Gasteiger partial charge in [0.05, 0.1) is 32.0 Å². The second-order valence-corrected chi connectivity index (χ2v) is 24.9. The van der Waals surface area contributed by atoms with Crippen molar-refractivity contribution >= 4 is 11.9 Å². The third kappa shape index (κ3) is 50.6. The number of allylic oxidation sites excluding steroid dienone is 7. The van der Waals surface area contributed by atoms with Gasteiger partial charge in [-0.1, -0.05) is 287 Å². The lowest BCUT2D eigenvalue weighted by molar-refractivity contribution is -0.302. The smallest absolute Gasteiger partial charge is 0.305 e. The van der Waals surface area contributed by atoms with Crippen LogP contribution in [0.3, 0.4) is 0 Å². The molecule has 0 spiro atoms. The van der Waals surface area contributed by atoms with Crippen molar-refractivity contribution in [3.05, 3.63) is 48.6 Å². The van der Waals surface area contributed by atoms with Crippen LogP contribution in [0.2, 0.25) is 0 Å². The number of nitrogens with one attached hydrogen (secondary N) is 1. The molecule has 0 aromatic heterocycles. The summed E-state index contributed by atoms with van der Waals surface area (Å²) in [6.45, 7) is 4.31. The molecule has 11 nitrogen and oxygen atoms in total. The van der Waals surface area contributed by atoms with Gasteiger partial charge in [-0.25, -0.2) is 0 Å². The summed E-state index contributed by atoms with van der Waals surface area (Å²) >= 11 is 0. The third-order valence-electron chi connectivity index (χ3n) is 16.9. The molecule has 1 aliphatic heterocycles. The van der Waals surface area contributed by atoms with Crippen molar-refractivity contribution < 1.29 is 49.3 Å². The number of unbranched alkanes of at least 4 members (excludes halogenated alkanes) is 43. The van der Waals surface area contributed by atoms with Crippen molar-refractivity contribution in [2.24, 2.45) is 0 Å². The predicted octanol–water partition coefficient (Wildman–Crippen LogP) is 18.4. The molecule has 1 rings (SSSR count). The van der Waals surface area contributed by atoms with Gasteiger partial charge in [0.2, 0.25) is 5.91 Å². The zero-order chi connectivity index (χ0) is 60.9. The van der Waals surface area contributed by atoms with Gasteiger partial charge in [-0.2, -0.15) is 0 Å². The van der Waals surface area contributed by atoms with Crippen LogP contribution in [0.5, 0.6) is 0 Å². The maximum Gasteiger partial charge on any atom is 0.305 e. The summed E-state index contributed by atoms with van der Waals surface area (Å²) in [6, 6.07) is -0.807. The lowest BCUT2D eigenvalue weighted by atomic mass is 9.99. The first-order valence-corrected chi connectivity index (χ1v) is 35.9. The van der Waals surface area contributed by atoms with Crippen molar-refractivity contribution in [3.8, 4) is 0 Å². The van der Waals surface area contributed by atoms with Crippen molar-refractivity contribution in [2.75, 3.05) is 19.8 Å². The largest absolute Gasteiger partial charge is 0.466 e. The molecule has 1 heterocycles. The highest BCUT2D eigenvalue weighted by atomic mass is 16.7. The monoisotopic (exact) mass is 1190 g/mol. The number of hydrogen-bond donors (Lipinski definition) is 6. The van der Waals surface area contributed by atoms with Crippen LogP contribution in [0.1, 0.15) is 341 Å². The van der Waals surface area contributed by atoms with Gasteiger partial charge in [-0.05, 0) is 89.9 Å². The molecular formula is C73H135NO10. The van der Waals surface area contributed by atoms with Gasteiger partial charge in [0.15, 0.2) is 6.29 Å². The third-order valence-corrected chi connectivity index (χ3v) is 16.9. The lowest BCUT2D eigenvalue weighted by Gasteiger charge is -2.40. The second kappa shape index (κ2) is 62.2. The molecule has 0 radical (unpaired) electrons. The summed E-state index contributed by atoms with van der Waals surface area (Å²) in [6.07, 6.45) is 71.3. The number of esters is 1. The number of amides is 1. The van der Waals surface area contributed by atoms with Crippen LogP contribution in [0, 0.1) is 0 Å². The Morgan fingerprint density at radius 2 is 0.798 bits per heavy atom. The van der Waals surface area contributed by atoms with E-state index in [-0.39, 0.29) is 18.5 Å². The highest BCUT2D eigenvalue weighted by Gasteiger charge is 2.44. The molecule has 0 saturated carbocycles. The van der Waals surface area contributed by atoms with E-state index < -0.39 is 49.5 Å². The molecule has 0 aliphatic carbocycles. The first kappa shape index (κ1) is 79.6. The average molecular weight is 1190 g/mol. The van der Waals surface area contributed by atoms with Crippen molar-refractivity contribution in [2.45, 2.75) is 384 Å². The Kier molecular flexibility index (Phi) is 59.0. The summed E-state index contributed by atoms with van der Waals surface area (Å²) in [7, 11) is 0. The molecule has 0 aromatic carbocycles. The van der Waals surface area contributed by atoms with Gasteiger partial charge in [-0.15, -0.1) is 0 Å². The number of aliphatic hydroxyl groups excluding tert-OH is 5. The SMILES string of the molecule is CCCCC/C=C\CCCCCCCC(=O)OCCCCCCCCCCCCC/C=C\C/C=C\CCCCCCCCCCCCCCCCCCCC(=O)NC(COC1OC(CO)C(O)C(O)C1O)C(O)/C=C/CCCCCCCCC. The Morgan fingerprint density at radius 3 is 1.24 bits per heavy atom. The fourth-order valence-corrected chi connectivity index (χ4v) is 11.2. The van der Waals surface area contributed by atoms with Gasteiger partial charge in [0, 0.05) is 12.8 Å². The molecule has 84 heavy (non-hydrogen) atoms. The van der Waals surface area contributed by atoms with Gasteiger partial charge < -0.3 is 45.1 Å². The van der Waals surface area contributed by atoms with Gasteiger partial charge in [-0.3, -0.25) is 9.59 Å². The molecule has 1 saturated heterocycles. The maximum absolute atomic E-state index is 13.0. The number of carbonyl (C=O) groups excluding carboxylic acids is 2. The summed E-state index contributed by atoms with van der Waals surface area (Å²) in [5.74, 6) is -0.181. The summed E-state index contributed by atoms with van der Waals surface area (Å²) < 4.78 is 16.7. The van der Waals surface area contributed by atoms with E-state index in [9.17, 15) is 35.1 Å². The van der Waals surface area contributed by atoms with E-state index in [4.69, 9.17) is 14.2 Å². The number of rotatable bonds is 63. The number of hydrogen-bond acceptors (Lipinski definition) is 10. The highest BCUT2D eigenvalue weighted by molar-refractivity contribution is 5.76. The Labute approximate surface area is 516 Å². The summed E-state index contributed by atoms with van der Waals surface area (Å²) in [5.41, 5.74) is 0. The molecule has 1 amide bonds. The second-order valence-electron chi connectivity index (χ2n) is 24.9. The lowest BCUT2D eigenvalue weighted by Crippen LogP contribution is -2.60. The predicted molar refractivity (Wildman–Crippen MR) is 352 cm³/mol. The molecule has 1 aliphatic rings. The van der Waals surface area contributed by atoms with Gasteiger partial charge in [0.25, 0.3) is 0 Å². The van der Waals surface area contributed by atoms with Gasteiger partial charge in [0.1, 0.15) is 24.4 Å². The van der Waals surface area contributed by atoms with Crippen molar-refractivity contribution in [1.82, 2.24) is 5.32 Å². The van der Waals surface area contributed by atoms with E-state index in [1.54, 1.807) is 6.08 Å². The number of aliphatic hydroxyl groups is 5. The molecule has 0 bridgehead atoms. The molecule has 7 unspecified atom stereocenters. The van der Waals surface area contributed by atoms with E-state index in [0.717, 1.165) is 64.2 Å².